The zero-order valence-corrected chi connectivity index (χ0v) is 8.88. The highest BCUT2D eigenvalue weighted by molar-refractivity contribution is 4.90. The summed E-state index contributed by atoms with van der Waals surface area (Å²) < 4.78 is 5.20. The highest BCUT2D eigenvalue weighted by atomic mass is 16.5. The van der Waals surface area contributed by atoms with Crippen molar-refractivity contribution in [2.75, 3.05) is 13.2 Å². The zero-order valence-electron chi connectivity index (χ0n) is 8.88. The fraction of sp³-hybridized carbons (Fsp3) is 1.00. The van der Waals surface area contributed by atoms with E-state index in [4.69, 9.17) is 4.74 Å². The van der Waals surface area contributed by atoms with E-state index in [1.165, 1.54) is 12.8 Å². The molecular formula is C11H22O2. The van der Waals surface area contributed by atoms with E-state index in [1.807, 2.05) is 0 Å². The van der Waals surface area contributed by atoms with E-state index in [1.54, 1.807) is 0 Å². The number of aliphatic hydroxyl groups is 1. The molecule has 78 valence electrons. The van der Waals surface area contributed by atoms with E-state index >= 15 is 0 Å². The molecule has 0 spiro atoms. The second-order valence-electron chi connectivity index (χ2n) is 4.22. The van der Waals surface area contributed by atoms with Crippen molar-refractivity contribution in [2.45, 2.75) is 52.1 Å². The normalized spacial score (nSPS) is 22.4. The van der Waals surface area contributed by atoms with Crippen molar-refractivity contribution in [1.29, 1.82) is 0 Å². The summed E-state index contributed by atoms with van der Waals surface area (Å²) in [5.41, 5.74) is 0.105. The molecule has 0 aliphatic carbocycles. The van der Waals surface area contributed by atoms with Crippen molar-refractivity contribution in [1.82, 2.24) is 0 Å². The molecule has 2 nitrogen and oxygen atoms in total. The van der Waals surface area contributed by atoms with Crippen LogP contribution >= 0.6 is 0 Å². The highest BCUT2D eigenvalue weighted by Crippen LogP contribution is 2.36. The van der Waals surface area contributed by atoms with Crippen LogP contribution < -0.4 is 0 Å². The Bertz CT molecular complexity index is 136. The first-order valence-electron chi connectivity index (χ1n) is 5.51. The molecule has 0 saturated carbocycles. The standard InChI is InChI=1S/C11H22O2/c1-3-5-6-7-10(12)11(4-2)8-13-9-11/h10,12H,3-9H2,1-2H3. The molecule has 0 aromatic heterocycles. The van der Waals surface area contributed by atoms with Crippen LogP contribution in [-0.2, 0) is 4.74 Å². The Morgan fingerprint density at radius 1 is 1.31 bits per heavy atom. The predicted molar refractivity (Wildman–Crippen MR) is 53.7 cm³/mol. The van der Waals surface area contributed by atoms with Crippen molar-refractivity contribution in [3.8, 4) is 0 Å². The number of rotatable bonds is 6. The molecule has 1 fully saturated rings. The molecule has 1 aliphatic heterocycles. The first-order chi connectivity index (χ1) is 6.25. The quantitative estimate of drug-likeness (QED) is 0.645. The topological polar surface area (TPSA) is 29.5 Å². The SMILES string of the molecule is CCCCCC(O)C1(CC)COC1. The van der Waals surface area contributed by atoms with Crippen molar-refractivity contribution in [3.63, 3.8) is 0 Å². The third kappa shape index (κ3) is 2.44. The van der Waals surface area contributed by atoms with Crippen LogP contribution in [0.15, 0.2) is 0 Å². The third-order valence-corrected chi connectivity index (χ3v) is 3.27. The zero-order chi connectivity index (χ0) is 9.73. The molecule has 0 aromatic rings. The van der Waals surface area contributed by atoms with Gasteiger partial charge in [0.1, 0.15) is 0 Å². The number of hydrogen-bond donors (Lipinski definition) is 1. The molecule has 0 amide bonds. The first-order valence-corrected chi connectivity index (χ1v) is 5.51. The molecule has 0 radical (unpaired) electrons. The minimum atomic E-state index is -0.141. The second-order valence-corrected chi connectivity index (χ2v) is 4.22. The number of unbranched alkanes of at least 4 members (excludes halogenated alkanes) is 2. The molecule has 1 atom stereocenters. The summed E-state index contributed by atoms with van der Waals surface area (Å²) in [4.78, 5) is 0. The lowest BCUT2D eigenvalue weighted by atomic mass is 9.76. The number of aliphatic hydroxyl groups excluding tert-OH is 1. The third-order valence-electron chi connectivity index (χ3n) is 3.27. The first kappa shape index (κ1) is 11.0. The van der Waals surface area contributed by atoms with Crippen molar-refractivity contribution < 1.29 is 9.84 Å². The van der Waals surface area contributed by atoms with Crippen molar-refractivity contribution >= 4 is 0 Å². The minimum absolute atomic E-state index is 0.105. The Hall–Kier alpha value is -0.0800. The van der Waals surface area contributed by atoms with Crippen LogP contribution in [0.5, 0.6) is 0 Å². The van der Waals surface area contributed by atoms with Gasteiger partial charge in [-0.2, -0.15) is 0 Å². The van der Waals surface area contributed by atoms with Crippen LogP contribution in [0.3, 0.4) is 0 Å². The molecule has 1 rings (SSSR count). The van der Waals surface area contributed by atoms with E-state index in [2.05, 4.69) is 13.8 Å². The summed E-state index contributed by atoms with van der Waals surface area (Å²) in [6.45, 7) is 5.85. The van der Waals surface area contributed by atoms with Crippen LogP contribution in [-0.4, -0.2) is 24.4 Å². The fourth-order valence-electron chi connectivity index (χ4n) is 1.89. The average molecular weight is 186 g/mol. The monoisotopic (exact) mass is 186 g/mol. The summed E-state index contributed by atoms with van der Waals surface area (Å²) in [6.07, 6.45) is 5.46. The predicted octanol–water partition coefficient (Wildman–Crippen LogP) is 2.35. The van der Waals surface area contributed by atoms with Gasteiger partial charge in [-0.15, -0.1) is 0 Å². The van der Waals surface area contributed by atoms with Crippen molar-refractivity contribution in [3.05, 3.63) is 0 Å². The minimum Gasteiger partial charge on any atom is -0.392 e. The lowest BCUT2D eigenvalue weighted by Gasteiger charge is -2.44. The Kier molecular flexibility index (Phi) is 4.20. The maximum Gasteiger partial charge on any atom is 0.0640 e. The van der Waals surface area contributed by atoms with Gasteiger partial charge in [0.2, 0.25) is 0 Å². The summed E-state index contributed by atoms with van der Waals surface area (Å²) in [7, 11) is 0. The molecule has 2 heteroatoms. The molecule has 13 heavy (non-hydrogen) atoms. The number of ether oxygens (including phenoxy) is 1. The Labute approximate surface area is 81.3 Å². The highest BCUT2D eigenvalue weighted by Gasteiger charge is 2.42. The van der Waals surface area contributed by atoms with Crippen LogP contribution in [0.1, 0.15) is 46.0 Å². The summed E-state index contributed by atoms with van der Waals surface area (Å²) >= 11 is 0. The van der Waals surface area contributed by atoms with Crippen LogP contribution in [0.4, 0.5) is 0 Å². The second kappa shape index (κ2) is 4.97. The van der Waals surface area contributed by atoms with E-state index < -0.39 is 0 Å². The Morgan fingerprint density at radius 2 is 2.00 bits per heavy atom. The van der Waals surface area contributed by atoms with Gasteiger partial charge in [0.15, 0.2) is 0 Å². The van der Waals surface area contributed by atoms with E-state index in [9.17, 15) is 5.11 Å². The van der Waals surface area contributed by atoms with Crippen LogP contribution in [0, 0.1) is 5.41 Å². The van der Waals surface area contributed by atoms with Crippen LogP contribution in [0.25, 0.3) is 0 Å². The molecule has 1 heterocycles. The molecule has 1 unspecified atom stereocenters. The van der Waals surface area contributed by atoms with E-state index in [-0.39, 0.29) is 11.5 Å². The molecule has 1 aliphatic rings. The van der Waals surface area contributed by atoms with Crippen LogP contribution in [0.2, 0.25) is 0 Å². The maximum absolute atomic E-state index is 9.97. The van der Waals surface area contributed by atoms with E-state index in [0.717, 1.165) is 32.5 Å². The lowest BCUT2D eigenvalue weighted by Crippen LogP contribution is -2.50. The van der Waals surface area contributed by atoms with Gasteiger partial charge < -0.3 is 9.84 Å². The van der Waals surface area contributed by atoms with Gasteiger partial charge in [-0.05, 0) is 12.8 Å². The van der Waals surface area contributed by atoms with Gasteiger partial charge in [0, 0.05) is 5.41 Å². The van der Waals surface area contributed by atoms with Gasteiger partial charge in [0.05, 0.1) is 19.3 Å². The Morgan fingerprint density at radius 3 is 2.38 bits per heavy atom. The number of hydrogen-bond acceptors (Lipinski definition) is 2. The molecule has 0 bridgehead atoms. The van der Waals surface area contributed by atoms with Gasteiger partial charge >= 0.3 is 0 Å². The summed E-state index contributed by atoms with van der Waals surface area (Å²) in [6, 6.07) is 0. The maximum atomic E-state index is 9.97. The van der Waals surface area contributed by atoms with Gasteiger partial charge in [0.25, 0.3) is 0 Å². The van der Waals surface area contributed by atoms with Crippen molar-refractivity contribution in [2.24, 2.45) is 5.41 Å². The molecule has 0 aromatic carbocycles. The Balaban J connectivity index is 2.24. The lowest BCUT2D eigenvalue weighted by molar-refractivity contribution is -0.175. The molecule has 1 N–H and O–H groups in total. The largest absolute Gasteiger partial charge is 0.392 e. The summed E-state index contributed by atoms with van der Waals surface area (Å²) in [5.74, 6) is 0. The average Bonchev–Trinajstić information content (AvgIpc) is 2.04. The smallest absolute Gasteiger partial charge is 0.0640 e. The summed E-state index contributed by atoms with van der Waals surface area (Å²) in [5, 5.41) is 9.97. The van der Waals surface area contributed by atoms with E-state index in [0.29, 0.717) is 0 Å². The van der Waals surface area contributed by atoms with Gasteiger partial charge in [-0.25, -0.2) is 0 Å². The van der Waals surface area contributed by atoms with Gasteiger partial charge in [-0.1, -0.05) is 33.1 Å². The molecule has 1 saturated heterocycles. The van der Waals surface area contributed by atoms with Gasteiger partial charge in [-0.3, -0.25) is 0 Å². The fourth-order valence-corrected chi connectivity index (χ4v) is 1.89. The molecular weight excluding hydrogens is 164 g/mol.